The van der Waals surface area contributed by atoms with Gasteiger partial charge >= 0.3 is 0 Å². The highest BCUT2D eigenvalue weighted by Crippen LogP contribution is 2.17. The fourth-order valence-corrected chi connectivity index (χ4v) is 1.16. The molecule has 1 aromatic rings. The maximum Gasteiger partial charge on any atom is 0.195 e. The van der Waals surface area contributed by atoms with Crippen LogP contribution < -0.4 is 0 Å². The minimum atomic E-state index is -0.0353. The Morgan fingerprint density at radius 2 is 2.09 bits per heavy atom. The van der Waals surface area contributed by atoms with Crippen molar-refractivity contribution in [2.24, 2.45) is 0 Å². The van der Waals surface area contributed by atoms with Gasteiger partial charge in [-0.3, -0.25) is 4.79 Å². The normalized spacial score (nSPS) is 16.2. The second-order valence-corrected chi connectivity index (χ2v) is 2.45. The van der Waals surface area contributed by atoms with Crippen molar-refractivity contribution < 1.29 is 9.53 Å². The van der Waals surface area contributed by atoms with E-state index in [1.807, 2.05) is 24.3 Å². The summed E-state index contributed by atoms with van der Waals surface area (Å²) in [6.07, 6.45) is 0. The van der Waals surface area contributed by atoms with E-state index in [9.17, 15) is 4.79 Å². The average Bonchev–Trinajstić information content (AvgIpc) is 2.06. The molecule has 0 N–H and O–H groups in total. The summed E-state index contributed by atoms with van der Waals surface area (Å²) in [5.41, 5.74) is 1.73. The molecule has 0 fully saturated rings. The molecular weight excluding hydrogens is 140 g/mol. The highest BCUT2D eigenvalue weighted by molar-refractivity contribution is 6.03. The number of carbonyl (C=O) groups excluding carboxylic acids is 1. The van der Waals surface area contributed by atoms with Gasteiger partial charge in [0.25, 0.3) is 0 Å². The standard InChI is InChI=1S/C9H7O2/c10-9-6-11-5-7-3-1-2-4-8(7)9/h1-4,6H,5H2. The Balaban J connectivity index is 2.52. The van der Waals surface area contributed by atoms with E-state index < -0.39 is 0 Å². The topological polar surface area (TPSA) is 26.3 Å². The lowest BCUT2D eigenvalue weighted by molar-refractivity contribution is 0.0841. The smallest absolute Gasteiger partial charge is 0.195 e. The van der Waals surface area contributed by atoms with Gasteiger partial charge < -0.3 is 4.74 Å². The third-order valence-corrected chi connectivity index (χ3v) is 1.71. The van der Waals surface area contributed by atoms with E-state index in [2.05, 4.69) is 0 Å². The highest BCUT2D eigenvalue weighted by atomic mass is 16.5. The fourth-order valence-electron chi connectivity index (χ4n) is 1.16. The number of hydrogen-bond donors (Lipinski definition) is 0. The van der Waals surface area contributed by atoms with Crippen molar-refractivity contribution in [3.05, 3.63) is 42.0 Å². The number of Topliss-reactive ketones (excluding diaryl/α,β-unsaturated/α-hetero) is 1. The third-order valence-electron chi connectivity index (χ3n) is 1.71. The molecule has 0 atom stereocenters. The van der Waals surface area contributed by atoms with E-state index in [0.29, 0.717) is 6.61 Å². The Morgan fingerprint density at radius 3 is 2.91 bits per heavy atom. The van der Waals surface area contributed by atoms with Crippen LogP contribution in [0.2, 0.25) is 0 Å². The van der Waals surface area contributed by atoms with Crippen LogP contribution in [-0.2, 0) is 11.3 Å². The molecule has 0 unspecified atom stereocenters. The van der Waals surface area contributed by atoms with Crippen molar-refractivity contribution in [1.82, 2.24) is 0 Å². The molecule has 1 aliphatic heterocycles. The Morgan fingerprint density at radius 1 is 1.27 bits per heavy atom. The molecule has 2 heteroatoms. The summed E-state index contributed by atoms with van der Waals surface area (Å²) >= 11 is 0. The molecule has 0 aromatic heterocycles. The van der Waals surface area contributed by atoms with Crippen molar-refractivity contribution >= 4 is 5.78 Å². The van der Waals surface area contributed by atoms with Crippen LogP contribution in [0.25, 0.3) is 0 Å². The molecule has 1 aromatic carbocycles. The molecule has 2 nitrogen and oxygen atoms in total. The van der Waals surface area contributed by atoms with Crippen molar-refractivity contribution in [2.75, 3.05) is 0 Å². The van der Waals surface area contributed by atoms with Crippen LogP contribution in [-0.4, -0.2) is 5.78 Å². The van der Waals surface area contributed by atoms with E-state index in [1.165, 1.54) is 6.61 Å². The van der Waals surface area contributed by atoms with E-state index >= 15 is 0 Å². The molecule has 55 valence electrons. The first kappa shape index (κ1) is 6.55. The maximum absolute atomic E-state index is 11.1. The van der Waals surface area contributed by atoms with Gasteiger partial charge in [0.1, 0.15) is 0 Å². The largest absolute Gasteiger partial charge is 0.362 e. The maximum atomic E-state index is 11.1. The van der Waals surface area contributed by atoms with Crippen LogP contribution in [0.5, 0.6) is 0 Å². The van der Waals surface area contributed by atoms with Crippen LogP contribution in [0.15, 0.2) is 24.3 Å². The van der Waals surface area contributed by atoms with Gasteiger partial charge in [-0.25, -0.2) is 0 Å². The minimum absolute atomic E-state index is 0.0353. The molecule has 1 aliphatic rings. The lowest BCUT2D eigenvalue weighted by Crippen LogP contribution is -2.12. The summed E-state index contributed by atoms with van der Waals surface area (Å²) in [6.45, 7) is 1.78. The van der Waals surface area contributed by atoms with Crippen molar-refractivity contribution in [3.8, 4) is 0 Å². The first-order valence-corrected chi connectivity index (χ1v) is 3.45. The number of benzene rings is 1. The van der Waals surface area contributed by atoms with Crippen LogP contribution in [0.1, 0.15) is 15.9 Å². The van der Waals surface area contributed by atoms with E-state index in [1.54, 1.807) is 0 Å². The van der Waals surface area contributed by atoms with E-state index in [4.69, 9.17) is 4.74 Å². The van der Waals surface area contributed by atoms with Gasteiger partial charge in [0.2, 0.25) is 0 Å². The van der Waals surface area contributed by atoms with Crippen molar-refractivity contribution in [3.63, 3.8) is 0 Å². The van der Waals surface area contributed by atoms with Crippen LogP contribution in [0.4, 0.5) is 0 Å². The zero-order valence-electron chi connectivity index (χ0n) is 5.91. The monoisotopic (exact) mass is 147 g/mol. The van der Waals surface area contributed by atoms with Gasteiger partial charge in [0.15, 0.2) is 12.4 Å². The summed E-state index contributed by atoms with van der Waals surface area (Å²) in [5.74, 6) is -0.0353. The first-order chi connectivity index (χ1) is 5.38. The molecule has 11 heavy (non-hydrogen) atoms. The SMILES string of the molecule is O=C1[CH]OCc2ccccc21. The summed E-state index contributed by atoms with van der Waals surface area (Å²) < 4.78 is 4.93. The van der Waals surface area contributed by atoms with E-state index in [0.717, 1.165) is 11.1 Å². The third kappa shape index (κ3) is 1.05. The lowest BCUT2D eigenvalue weighted by atomic mass is 10.0. The molecule has 0 amide bonds. The number of carbonyl (C=O) groups is 1. The Hall–Kier alpha value is -1.15. The van der Waals surface area contributed by atoms with Crippen LogP contribution >= 0.6 is 0 Å². The molecule has 0 bridgehead atoms. The van der Waals surface area contributed by atoms with Gasteiger partial charge in [-0.2, -0.15) is 0 Å². The van der Waals surface area contributed by atoms with Crippen LogP contribution in [0.3, 0.4) is 0 Å². The molecule has 2 rings (SSSR count). The predicted molar refractivity (Wildman–Crippen MR) is 39.9 cm³/mol. The van der Waals surface area contributed by atoms with Gasteiger partial charge in [-0.15, -0.1) is 0 Å². The first-order valence-electron chi connectivity index (χ1n) is 3.45. The zero-order chi connectivity index (χ0) is 7.68. The molecule has 1 radical (unpaired) electrons. The summed E-state index contributed by atoms with van der Waals surface area (Å²) in [7, 11) is 0. The lowest BCUT2D eigenvalue weighted by Gasteiger charge is -2.13. The highest BCUT2D eigenvalue weighted by Gasteiger charge is 2.16. The fraction of sp³-hybridized carbons (Fsp3) is 0.111. The van der Waals surface area contributed by atoms with Gasteiger partial charge in [0.05, 0.1) is 6.61 Å². The molecular formula is C9H7O2. The minimum Gasteiger partial charge on any atom is -0.362 e. The van der Waals surface area contributed by atoms with Gasteiger partial charge in [0, 0.05) is 5.56 Å². The number of rotatable bonds is 0. The molecule has 1 heterocycles. The molecule has 0 saturated carbocycles. The Bertz CT molecular complexity index is 291. The molecule has 0 saturated heterocycles. The second-order valence-electron chi connectivity index (χ2n) is 2.45. The van der Waals surface area contributed by atoms with Crippen LogP contribution in [0, 0.1) is 6.61 Å². The Kier molecular flexibility index (Phi) is 1.47. The number of ether oxygens (including phenoxy) is 1. The number of ketones is 1. The predicted octanol–water partition coefficient (Wildman–Crippen LogP) is 1.56. The summed E-state index contributed by atoms with van der Waals surface area (Å²) in [6, 6.07) is 7.48. The van der Waals surface area contributed by atoms with E-state index in [-0.39, 0.29) is 5.78 Å². The zero-order valence-corrected chi connectivity index (χ0v) is 5.91. The summed E-state index contributed by atoms with van der Waals surface area (Å²) in [5, 5.41) is 0. The molecule has 0 aliphatic carbocycles. The number of hydrogen-bond acceptors (Lipinski definition) is 2. The number of fused-ring (bicyclic) bond motifs is 1. The van der Waals surface area contributed by atoms with Crippen molar-refractivity contribution in [2.45, 2.75) is 6.61 Å². The second kappa shape index (κ2) is 2.47. The average molecular weight is 147 g/mol. The quantitative estimate of drug-likeness (QED) is 0.556. The summed E-state index contributed by atoms with van der Waals surface area (Å²) in [4.78, 5) is 11.1. The molecule has 0 spiro atoms. The van der Waals surface area contributed by atoms with Gasteiger partial charge in [-0.1, -0.05) is 24.3 Å². The van der Waals surface area contributed by atoms with Crippen molar-refractivity contribution in [1.29, 1.82) is 0 Å². The van der Waals surface area contributed by atoms with Gasteiger partial charge in [-0.05, 0) is 5.56 Å². The Labute approximate surface area is 64.8 Å².